The number of pyridine rings is 1. The first-order valence-electron chi connectivity index (χ1n) is 8.17. The number of carbonyl (C=O) groups excluding carboxylic acids is 2. The average Bonchev–Trinajstić information content (AvgIpc) is 3.11. The Bertz CT molecular complexity index is 927. The number of thiazole rings is 1. The maximum absolute atomic E-state index is 12.3. The number of anilines is 2. The molecule has 1 aromatic carbocycles. The number of benzene rings is 1. The highest BCUT2D eigenvalue weighted by atomic mass is 32.1. The monoisotopic (exact) mass is 382 g/mol. The Balaban J connectivity index is 1.60. The van der Waals surface area contributed by atoms with Gasteiger partial charge >= 0.3 is 0 Å². The second kappa shape index (κ2) is 9.02. The largest absolute Gasteiger partial charge is 0.375 e. The van der Waals surface area contributed by atoms with E-state index in [-0.39, 0.29) is 24.8 Å². The van der Waals surface area contributed by atoms with Crippen molar-refractivity contribution >= 4 is 34.5 Å². The third-order valence-electron chi connectivity index (χ3n) is 3.51. The lowest BCUT2D eigenvalue weighted by atomic mass is 10.2. The van der Waals surface area contributed by atoms with E-state index in [1.807, 2.05) is 17.5 Å². The van der Waals surface area contributed by atoms with E-state index < -0.39 is 0 Å². The van der Waals surface area contributed by atoms with E-state index in [0.29, 0.717) is 17.1 Å². The van der Waals surface area contributed by atoms with Crippen LogP contribution in [0.15, 0.2) is 54.2 Å². The molecular weight excluding hydrogens is 364 g/mol. The van der Waals surface area contributed by atoms with Crippen molar-refractivity contribution in [2.24, 2.45) is 0 Å². The molecule has 0 spiro atoms. The summed E-state index contributed by atoms with van der Waals surface area (Å²) in [5, 5.41) is 8.20. The van der Waals surface area contributed by atoms with Crippen LogP contribution in [0.25, 0.3) is 10.6 Å². The predicted octanol–water partition coefficient (Wildman–Crippen LogP) is 2.97. The van der Waals surface area contributed by atoms with Crippen LogP contribution in [-0.2, 0) is 20.7 Å². The molecule has 0 fully saturated rings. The molecule has 2 heterocycles. The fraction of sp³-hybridized carbons (Fsp3) is 0.158. The minimum Gasteiger partial charge on any atom is -0.375 e. The summed E-state index contributed by atoms with van der Waals surface area (Å²) in [7, 11) is 1.45. The second-order valence-electron chi connectivity index (χ2n) is 5.67. The highest BCUT2D eigenvalue weighted by molar-refractivity contribution is 7.13. The number of rotatable bonds is 7. The Hall–Kier alpha value is -3.10. The molecule has 8 heteroatoms. The molecule has 0 aliphatic heterocycles. The molecule has 0 aliphatic carbocycles. The first-order chi connectivity index (χ1) is 13.1. The Labute approximate surface area is 160 Å². The summed E-state index contributed by atoms with van der Waals surface area (Å²) in [5.41, 5.74) is 2.80. The molecule has 0 unspecified atom stereocenters. The van der Waals surface area contributed by atoms with Crippen LogP contribution in [-0.4, -0.2) is 35.5 Å². The van der Waals surface area contributed by atoms with Crippen LogP contribution >= 0.6 is 11.3 Å². The number of aromatic nitrogens is 2. The first kappa shape index (κ1) is 18.7. The third kappa shape index (κ3) is 5.44. The van der Waals surface area contributed by atoms with Crippen LogP contribution in [0.5, 0.6) is 0 Å². The van der Waals surface area contributed by atoms with Crippen LogP contribution in [0.1, 0.15) is 5.69 Å². The van der Waals surface area contributed by atoms with Gasteiger partial charge in [0.2, 0.25) is 11.8 Å². The molecule has 2 amide bonds. The fourth-order valence-corrected chi connectivity index (χ4v) is 3.19. The summed E-state index contributed by atoms with van der Waals surface area (Å²) in [5.74, 6) is -0.440. The highest BCUT2D eigenvalue weighted by Gasteiger charge is 2.10. The minimum atomic E-state index is -0.258. The van der Waals surface area contributed by atoms with Gasteiger partial charge in [-0.25, -0.2) is 4.98 Å². The van der Waals surface area contributed by atoms with E-state index >= 15 is 0 Å². The van der Waals surface area contributed by atoms with Gasteiger partial charge in [-0.2, -0.15) is 0 Å². The van der Waals surface area contributed by atoms with Gasteiger partial charge in [-0.3, -0.25) is 14.6 Å². The van der Waals surface area contributed by atoms with Gasteiger partial charge in [0.15, 0.2) is 0 Å². The summed E-state index contributed by atoms with van der Waals surface area (Å²) < 4.78 is 4.78. The van der Waals surface area contributed by atoms with Crippen molar-refractivity contribution in [3.63, 3.8) is 0 Å². The van der Waals surface area contributed by atoms with E-state index in [9.17, 15) is 9.59 Å². The van der Waals surface area contributed by atoms with E-state index in [0.717, 1.165) is 10.6 Å². The Morgan fingerprint density at radius 3 is 2.59 bits per heavy atom. The summed E-state index contributed by atoms with van der Waals surface area (Å²) in [6.45, 7) is -0.0281. The third-order valence-corrected chi connectivity index (χ3v) is 4.45. The van der Waals surface area contributed by atoms with Gasteiger partial charge in [-0.1, -0.05) is 6.07 Å². The van der Waals surface area contributed by atoms with Crippen molar-refractivity contribution in [2.45, 2.75) is 6.42 Å². The lowest BCUT2D eigenvalue weighted by Gasteiger charge is -2.08. The number of hydrogen-bond donors (Lipinski definition) is 2. The number of amides is 2. The zero-order chi connectivity index (χ0) is 19.1. The van der Waals surface area contributed by atoms with Crippen LogP contribution in [0, 0.1) is 0 Å². The molecule has 2 aromatic heterocycles. The lowest BCUT2D eigenvalue weighted by Crippen LogP contribution is -2.18. The summed E-state index contributed by atoms with van der Waals surface area (Å²) in [6, 6.07) is 10.7. The molecular formula is C19H18N4O3S. The zero-order valence-corrected chi connectivity index (χ0v) is 15.5. The number of methoxy groups -OCH3 is 1. The van der Waals surface area contributed by atoms with Crippen molar-refractivity contribution in [1.82, 2.24) is 9.97 Å². The molecule has 0 saturated heterocycles. The summed E-state index contributed by atoms with van der Waals surface area (Å²) in [4.78, 5) is 32.4. The number of carbonyl (C=O) groups is 2. The Morgan fingerprint density at radius 2 is 1.89 bits per heavy atom. The number of hydrogen-bond acceptors (Lipinski definition) is 6. The van der Waals surface area contributed by atoms with Gasteiger partial charge < -0.3 is 15.4 Å². The van der Waals surface area contributed by atoms with Crippen molar-refractivity contribution < 1.29 is 14.3 Å². The van der Waals surface area contributed by atoms with E-state index in [1.54, 1.807) is 36.7 Å². The summed E-state index contributed by atoms with van der Waals surface area (Å²) in [6.07, 6.45) is 3.61. The van der Waals surface area contributed by atoms with Gasteiger partial charge in [0.25, 0.3) is 0 Å². The molecule has 0 atom stereocenters. The normalized spacial score (nSPS) is 10.4. The number of nitrogens with one attached hydrogen (secondary N) is 2. The smallest absolute Gasteiger partial charge is 0.250 e. The molecule has 0 bridgehead atoms. The molecule has 27 heavy (non-hydrogen) atoms. The maximum atomic E-state index is 12.3. The van der Waals surface area contributed by atoms with Crippen molar-refractivity contribution in [3.05, 3.63) is 59.9 Å². The van der Waals surface area contributed by atoms with Crippen molar-refractivity contribution in [1.29, 1.82) is 0 Å². The maximum Gasteiger partial charge on any atom is 0.250 e. The van der Waals surface area contributed by atoms with Gasteiger partial charge in [0.05, 0.1) is 12.1 Å². The van der Waals surface area contributed by atoms with Crippen LogP contribution in [0.2, 0.25) is 0 Å². The number of nitrogens with zero attached hydrogens (tertiary/aromatic N) is 2. The van der Waals surface area contributed by atoms with Crippen molar-refractivity contribution in [2.75, 3.05) is 24.4 Å². The standard InChI is InChI=1S/C19H18N4O3S/c1-26-11-18(25)22-15-6-2-5-14(8-15)21-17(24)9-16-12-27-19(23-16)13-4-3-7-20-10-13/h2-8,10,12H,9,11H2,1H3,(H,21,24)(H,22,25). The molecule has 0 radical (unpaired) electrons. The average molecular weight is 382 g/mol. The SMILES string of the molecule is COCC(=O)Nc1cccc(NC(=O)Cc2csc(-c3cccnc3)n2)c1. The molecule has 0 saturated carbocycles. The fourth-order valence-electron chi connectivity index (χ4n) is 2.38. The highest BCUT2D eigenvalue weighted by Crippen LogP contribution is 2.23. The van der Waals surface area contributed by atoms with E-state index in [1.165, 1.54) is 18.4 Å². The summed E-state index contributed by atoms with van der Waals surface area (Å²) >= 11 is 1.47. The van der Waals surface area contributed by atoms with Gasteiger partial charge in [-0.15, -0.1) is 11.3 Å². The van der Waals surface area contributed by atoms with E-state index in [2.05, 4.69) is 20.6 Å². The molecule has 3 aromatic rings. The lowest BCUT2D eigenvalue weighted by molar-refractivity contribution is -0.119. The van der Waals surface area contributed by atoms with Crippen LogP contribution in [0.4, 0.5) is 11.4 Å². The Kier molecular flexibility index (Phi) is 6.24. The topological polar surface area (TPSA) is 93.2 Å². The van der Waals surface area contributed by atoms with Gasteiger partial charge in [-0.05, 0) is 30.3 Å². The van der Waals surface area contributed by atoms with Crippen LogP contribution in [0.3, 0.4) is 0 Å². The van der Waals surface area contributed by atoms with Crippen LogP contribution < -0.4 is 10.6 Å². The zero-order valence-electron chi connectivity index (χ0n) is 14.6. The minimum absolute atomic E-state index is 0.0281. The molecule has 2 N–H and O–H groups in total. The number of ether oxygens (including phenoxy) is 1. The molecule has 0 aliphatic rings. The molecule has 3 rings (SSSR count). The predicted molar refractivity (Wildman–Crippen MR) is 105 cm³/mol. The van der Waals surface area contributed by atoms with E-state index in [4.69, 9.17) is 4.74 Å². The second-order valence-corrected chi connectivity index (χ2v) is 6.53. The van der Waals surface area contributed by atoms with Gasteiger partial charge in [0.1, 0.15) is 11.6 Å². The first-order valence-corrected chi connectivity index (χ1v) is 9.05. The quantitative estimate of drug-likeness (QED) is 0.655. The Morgan fingerprint density at radius 1 is 1.11 bits per heavy atom. The van der Waals surface area contributed by atoms with Gasteiger partial charge in [0, 0.05) is 41.8 Å². The van der Waals surface area contributed by atoms with Crippen molar-refractivity contribution in [3.8, 4) is 10.6 Å². The molecule has 138 valence electrons. The molecule has 7 nitrogen and oxygen atoms in total.